The van der Waals surface area contributed by atoms with E-state index < -0.39 is 29.3 Å². The number of hydrogen-bond donors (Lipinski definition) is 2. The Bertz CT molecular complexity index is 1220. The quantitative estimate of drug-likeness (QED) is 0.581. The highest BCUT2D eigenvalue weighted by molar-refractivity contribution is 6.39. The van der Waals surface area contributed by atoms with Crippen LogP contribution < -0.4 is 16.0 Å². The van der Waals surface area contributed by atoms with E-state index >= 15 is 0 Å². The maximum Gasteiger partial charge on any atom is 0.417 e. The number of fused-ring (bicyclic) bond motifs is 1. The molecule has 2 N–H and O–H groups in total. The predicted molar refractivity (Wildman–Crippen MR) is 108 cm³/mol. The van der Waals surface area contributed by atoms with Crippen LogP contribution in [0.15, 0.2) is 45.7 Å². The van der Waals surface area contributed by atoms with Crippen molar-refractivity contribution in [3.8, 4) is 0 Å². The van der Waals surface area contributed by atoms with Crippen LogP contribution in [0.4, 0.5) is 24.7 Å². The number of piperazine rings is 1. The highest BCUT2D eigenvalue weighted by atomic mass is 19.4. The summed E-state index contributed by atoms with van der Waals surface area (Å²) in [6, 6.07) is 6.47. The van der Waals surface area contributed by atoms with Crippen LogP contribution in [-0.2, 0) is 15.8 Å². The van der Waals surface area contributed by atoms with Gasteiger partial charge in [-0.3, -0.25) is 14.6 Å². The van der Waals surface area contributed by atoms with E-state index in [1.807, 2.05) is 0 Å². The van der Waals surface area contributed by atoms with Crippen molar-refractivity contribution < 1.29 is 27.2 Å². The summed E-state index contributed by atoms with van der Waals surface area (Å²) in [5.74, 6) is -1.86. The smallest absolute Gasteiger partial charge is 0.408 e. The topological polar surface area (TPSA) is 112 Å². The largest absolute Gasteiger partial charge is 0.417 e. The lowest BCUT2D eigenvalue weighted by Gasteiger charge is -2.40. The number of amides is 2. The maximum absolute atomic E-state index is 12.7. The lowest BCUT2D eigenvalue weighted by Crippen LogP contribution is -2.56. The molecule has 0 unspecified atom stereocenters. The number of oxazole rings is 1. The van der Waals surface area contributed by atoms with E-state index in [2.05, 4.69) is 15.3 Å². The summed E-state index contributed by atoms with van der Waals surface area (Å²) < 4.78 is 43.1. The van der Waals surface area contributed by atoms with Crippen LogP contribution in [0.3, 0.4) is 0 Å². The second kappa shape index (κ2) is 8.02. The fourth-order valence-electron chi connectivity index (χ4n) is 3.56. The molecule has 0 aliphatic carbocycles. The van der Waals surface area contributed by atoms with Gasteiger partial charge in [0, 0.05) is 43.6 Å². The second-order valence-corrected chi connectivity index (χ2v) is 7.38. The standard InChI is InChI=1S/C20H18F3N5O4/c1-11-10-27(6-7-28(11)16-5-2-12(9-24-16)20(21,22)23)18(30)17(29)25-13-3-4-14-15(8-13)32-19(31)26-14/h2-5,8-9,11H,6-7,10H2,1H3,(H,25,29)(H,26,31)/t11-/m1/s1. The van der Waals surface area contributed by atoms with Crippen molar-refractivity contribution in [1.29, 1.82) is 0 Å². The number of carbonyl (C=O) groups excluding carboxylic acids is 2. The van der Waals surface area contributed by atoms with Gasteiger partial charge in [-0.05, 0) is 31.2 Å². The maximum atomic E-state index is 12.7. The molecule has 1 saturated heterocycles. The predicted octanol–water partition coefficient (Wildman–Crippen LogP) is 2.21. The third kappa shape index (κ3) is 4.29. The van der Waals surface area contributed by atoms with Gasteiger partial charge < -0.3 is 19.5 Å². The van der Waals surface area contributed by atoms with Crippen LogP contribution in [0, 0.1) is 0 Å². The van der Waals surface area contributed by atoms with E-state index in [1.165, 1.54) is 29.2 Å². The Kier molecular flexibility index (Phi) is 5.36. The molecule has 9 nitrogen and oxygen atoms in total. The fraction of sp³-hybridized carbons (Fsp3) is 0.300. The van der Waals surface area contributed by atoms with Gasteiger partial charge in [-0.1, -0.05) is 0 Å². The van der Waals surface area contributed by atoms with Crippen LogP contribution >= 0.6 is 0 Å². The highest BCUT2D eigenvalue weighted by Gasteiger charge is 2.33. The fourth-order valence-corrected chi connectivity index (χ4v) is 3.56. The van der Waals surface area contributed by atoms with E-state index in [0.717, 1.165) is 12.3 Å². The number of benzene rings is 1. The minimum absolute atomic E-state index is 0.195. The van der Waals surface area contributed by atoms with Gasteiger partial charge in [0.25, 0.3) is 0 Å². The number of halogens is 3. The van der Waals surface area contributed by atoms with Gasteiger partial charge in [-0.25, -0.2) is 9.78 Å². The zero-order valence-electron chi connectivity index (χ0n) is 16.8. The zero-order valence-corrected chi connectivity index (χ0v) is 16.8. The minimum atomic E-state index is -4.47. The summed E-state index contributed by atoms with van der Waals surface area (Å²) in [6.07, 6.45) is -3.69. The molecule has 0 radical (unpaired) electrons. The third-order valence-electron chi connectivity index (χ3n) is 5.16. The number of rotatable bonds is 2. The van der Waals surface area contributed by atoms with Crippen molar-refractivity contribution in [3.05, 3.63) is 52.6 Å². The van der Waals surface area contributed by atoms with E-state index in [0.29, 0.717) is 23.6 Å². The Morgan fingerprint density at radius 2 is 2.00 bits per heavy atom. The van der Waals surface area contributed by atoms with Crippen LogP contribution in [0.5, 0.6) is 0 Å². The molecule has 4 rings (SSSR count). The van der Waals surface area contributed by atoms with E-state index in [1.54, 1.807) is 11.8 Å². The molecule has 2 amide bonds. The lowest BCUT2D eigenvalue weighted by molar-refractivity contribution is -0.143. The van der Waals surface area contributed by atoms with Gasteiger partial charge in [-0.2, -0.15) is 13.2 Å². The van der Waals surface area contributed by atoms with Crippen LogP contribution in [0.2, 0.25) is 0 Å². The lowest BCUT2D eigenvalue weighted by atomic mass is 10.1. The highest BCUT2D eigenvalue weighted by Crippen LogP contribution is 2.30. The third-order valence-corrected chi connectivity index (χ3v) is 5.16. The molecular formula is C20H18F3N5O4. The van der Waals surface area contributed by atoms with E-state index in [9.17, 15) is 27.6 Å². The Morgan fingerprint density at radius 3 is 2.66 bits per heavy atom. The van der Waals surface area contributed by atoms with Crippen molar-refractivity contribution in [2.24, 2.45) is 0 Å². The number of nitrogens with zero attached hydrogens (tertiary/aromatic N) is 3. The molecule has 1 fully saturated rings. The van der Waals surface area contributed by atoms with Crippen molar-refractivity contribution in [2.75, 3.05) is 29.9 Å². The molecule has 168 valence electrons. The monoisotopic (exact) mass is 449 g/mol. The summed E-state index contributed by atoms with van der Waals surface area (Å²) in [6.45, 7) is 2.49. The van der Waals surface area contributed by atoms with Gasteiger partial charge in [0.15, 0.2) is 5.58 Å². The summed E-state index contributed by atoms with van der Waals surface area (Å²) in [5, 5.41) is 2.48. The first-order valence-electron chi connectivity index (χ1n) is 9.65. The number of alkyl halides is 3. The molecular weight excluding hydrogens is 431 g/mol. The Morgan fingerprint density at radius 1 is 1.22 bits per heavy atom. The van der Waals surface area contributed by atoms with Crippen molar-refractivity contribution >= 4 is 34.4 Å². The number of aromatic nitrogens is 2. The average molecular weight is 449 g/mol. The van der Waals surface area contributed by atoms with E-state index in [-0.39, 0.29) is 24.7 Å². The Balaban J connectivity index is 1.39. The Hall–Kier alpha value is -3.83. The summed E-state index contributed by atoms with van der Waals surface area (Å²) in [7, 11) is 0. The SMILES string of the molecule is C[C@@H]1CN(C(=O)C(=O)Nc2ccc3[nH]c(=O)oc3c2)CCN1c1ccc(C(F)(F)F)cn1. The van der Waals surface area contributed by atoms with Gasteiger partial charge in [0.1, 0.15) is 5.82 Å². The number of anilines is 2. The van der Waals surface area contributed by atoms with Crippen molar-refractivity contribution in [3.63, 3.8) is 0 Å². The first-order chi connectivity index (χ1) is 15.1. The first kappa shape index (κ1) is 21.4. The van der Waals surface area contributed by atoms with E-state index in [4.69, 9.17) is 4.42 Å². The molecule has 12 heteroatoms. The molecule has 1 atom stereocenters. The number of carbonyl (C=O) groups is 2. The minimum Gasteiger partial charge on any atom is -0.408 e. The molecule has 32 heavy (non-hydrogen) atoms. The van der Waals surface area contributed by atoms with Crippen molar-refractivity contribution in [2.45, 2.75) is 19.1 Å². The summed E-state index contributed by atoms with van der Waals surface area (Å²) in [5.41, 5.74) is 0.156. The summed E-state index contributed by atoms with van der Waals surface area (Å²) >= 11 is 0. The molecule has 3 aromatic rings. The molecule has 0 bridgehead atoms. The molecule has 2 aromatic heterocycles. The van der Waals surface area contributed by atoms with Gasteiger partial charge in [0.05, 0.1) is 11.1 Å². The number of nitrogens with one attached hydrogen (secondary N) is 2. The molecule has 1 aromatic carbocycles. The average Bonchev–Trinajstić information content (AvgIpc) is 3.12. The summed E-state index contributed by atoms with van der Waals surface area (Å²) in [4.78, 5) is 45.7. The van der Waals surface area contributed by atoms with Crippen LogP contribution in [0.25, 0.3) is 11.1 Å². The first-order valence-corrected chi connectivity index (χ1v) is 9.65. The normalized spacial score (nSPS) is 16.9. The second-order valence-electron chi connectivity index (χ2n) is 7.38. The molecule has 0 spiro atoms. The molecule has 1 aliphatic rings. The van der Waals surface area contributed by atoms with Gasteiger partial charge in [-0.15, -0.1) is 0 Å². The number of H-pyrrole nitrogens is 1. The number of hydrogen-bond acceptors (Lipinski definition) is 6. The number of pyridine rings is 1. The van der Waals surface area contributed by atoms with Crippen molar-refractivity contribution in [1.82, 2.24) is 14.9 Å². The van der Waals surface area contributed by atoms with Gasteiger partial charge >= 0.3 is 23.7 Å². The Labute approximate surface area is 178 Å². The molecule has 0 saturated carbocycles. The molecule has 3 heterocycles. The van der Waals surface area contributed by atoms with Gasteiger partial charge in [0.2, 0.25) is 0 Å². The molecule has 1 aliphatic heterocycles. The zero-order chi connectivity index (χ0) is 23.0. The van der Waals surface area contributed by atoms with Crippen LogP contribution in [0.1, 0.15) is 12.5 Å². The van der Waals surface area contributed by atoms with Crippen LogP contribution in [-0.4, -0.2) is 52.4 Å². The number of aromatic amines is 1.